The van der Waals surface area contributed by atoms with E-state index in [-0.39, 0.29) is 11.9 Å². The summed E-state index contributed by atoms with van der Waals surface area (Å²) >= 11 is 0. The number of amides is 1. The van der Waals surface area contributed by atoms with Crippen molar-refractivity contribution < 1.29 is 19.0 Å². The number of nitrogens with one attached hydrogen (secondary N) is 1. The lowest BCUT2D eigenvalue weighted by Crippen LogP contribution is -2.49. The molecule has 0 spiro atoms. The van der Waals surface area contributed by atoms with Crippen LogP contribution in [0.2, 0.25) is 0 Å². The van der Waals surface area contributed by atoms with Crippen molar-refractivity contribution in [3.63, 3.8) is 0 Å². The SMILES string of the molecule is COc1ccccc1OCCC(=O)N1CCNCC1c1ccccc1OC. The van der Waals surface area contributed by atoms with Gasteiger partial charge in [0.1, 0.15) is 5.75 Å². The standard InChI is InChI=1S/C21H26N2O4/c1-25-18-8-4-3-7-16(18)17-15-22-12-13-23(17)21(24)11-14-27-20-10-6-5-9-19(20)26-2/h3-10,17,22H,11-15H2,1-2H3. The van der Waals surface area contributed by atoms with E-state index in [9.17, 15) is 4.79 Å². The molecule has 1 aliphatic heterocycles. The molecule has 0 aromatic heterocycles. The smallest absolute Gasteiger partial charge is 0.226 e. The number of nitrogens with zero attached hydrogens (tertiary/aromatic N) is 1. The van der Waals surface area contributed by atoms with Crippen LogP contribution in [0.5, 0.6) is 17.2 Å². The predicted octanol–water partition coefficient (Wildman–Crippen LogP) is 2.65. The van der Waals surface area contributed by atoms with E-state index in [0.29, 0.717) is 37.6 Å². The highest BCUT2D eigenvalue weighted by Gasteiger charge is 2.29. The van der Waals surface area contributed by atoms with Gasteiger partial charge >= 0.3 is 0 Å². The molecule has 0 aliphatic carbocycles. The minimum absolute atomic E-state index is 0.0475. The Labute approximate surface area is 160 Å². The molecule has 144 valence electrons. The van der Waals surface area contributed by atoms with Crippen molar-refractivity contribution in [1.82, 2.24) is 10.2 Å². The highest BCUT2D eigenvalue weighted by molar-refractivity contribution is 5.77. The zero-order valence-electron chi connectivity index (χ0n) is 15.8. The number of rotatable bonds is 7. The topological polar surface area (TPSA) is 60.0 Å². The molecule has 3 rings (SSSR count). The Balaban J connectivity index is 1.65. The van der Waals surface area contributed by atoms with Crippen LogP contribution in [0.3, 0.4) is 0 Å². The third-order valence-corrected chi connectivity index (χ3v) is 4.70. The second-order valence-electron chi connectivity index (χ2n) is 6.30. The van der Waals surface area contributed by atoms with Crippen LogP contribution in [0.25, 0.3) is 0 Å². The van der Waals surface area contributed by atoms with Gasteiger partial charge in [0.05, 0.1) is 33.3 Å². The predicted molar refractivity (Wildman–Crippen MR) is 103 cm³/mol. The fraction of sp³-hybridized carbons (Fsp3) is 0.381. The average molecular weight is 370 g/mol. The van der Waals surface area contributed by atoms with Crippen LogP contribution in [0, 0.1) is 0 Å². The van der Waals surface area contributed by atoms with E-state index < -0.39 is 0 Å². The van der Waals surface area contributed by atoms with Crippen LogP contribution in [-0.4, -0.2) is 51.3 Å². The molecular formula is C21H26N2O4. The largest absolute Gasteiger partial charge is 0.496 e. The monoisotopic (exact) mass is 370 g/mol. The zero-order valence-corrected chi connectivity index (χ0v) is 15.8. The molecule has 2 aromatic rings. The van der Waals surface area contributed by atoms with Crippen molar-refractivity contribution >= 4 is 5.91 Å². The van der Waals surface area contributed by atoms with Crippen LogP contribution in [-0.2, 0) is 4.79 Å². The third kappa shape index (κ3) is 4.52. The van der Waals surface area contributed by atoms with Crippen LogP contribution in [0.15, 0.2) is 48.5 Å². The van der Waals surface area contributed by atoms with Crippen molar-refractivity contribution in [2.45, 2.75) is 12.5 Å². The molecule has 1 aliphatic rings. The van der Waals surface area contributed by atoms with Crippen molar-refractivity contribution in [3.05, 3.63) is 54.1 Å². The van der Waals surface area contributed by atoms with Crippen LogP contribution >= 0.6 is 0 Å². The van der Waals surface area contributed by atoms with Gasteiger partial charge in [-0.15, -0.1) is 0 Å². The number of hydrogen-bond donors (Lipinski definition) is 1. The van der Waals surface area contributed by atoms with Gasteiger partial charge in [-0.2, -0.15) is 0 Å². The number of methoxy groups -OCH3 is 2. The maximum atomic E-state index is 12.9. The van der Waals surface area contributed by atoms with E-state index in [2.05, 4.69) is 5.32 Å². The Hall–Kier alpha value is -2.73. The van der Waals surface area contributed by atoms with Crippen LogP contribution in [0.4, 0.5) is 0 Å². The van der Waals surface area contributed by atoms with Gasteiger partial charge in [-0.25, -0.2) is 0 Å². The van der Waals surface area contributed by atoms with Crippen molar-refractivity contribution in [2.24, 2.45) is 0 Å². The molecular weight excluding hydrogens is 344 g/mol. The quantitative estimate of drug-likeness (QED) is 0.812. The highest BCUT2D eigenvalue weighted by atomic mass is 16.5. The molecule has 1 heterocycles. The minimum Gasteiger partial charge on any atom is -0.496 e. The molecule has 0 bridgehead atoms. The Bertz CT molecular complexity index is 765. The van der Waals surface area contributed by atoms with Gasteiger partial charge in [-0.3, -0.25) is 4.79 Å². The Morgan fingerprint density at radius 1 is 1.04 bits per heavy atom. The fourth-order valence-electron chi connectivity index (χ4n) is 3.35. The number of carbonyl (C=O) groups excluding carboxylic acids is 1. The van der Waals surface area contributed by atoms with E-state index in [0.717, 1.165) is 17.9 Å². The maximum Gasteiger partial charge on any atom is 0.226 e. The van der Waals surface area contributed by atoms with E-state index in [1.165, 1.54) is 0 Å². The molecule has 2 aromatic carbocycles. The molecule has 1 saturated heterocycles. The Morgan fingerprint density at radius 3 is 2.44 bits per heavy atom. The first-order chi connectivity index (χ1) is 13.2. The van der Waals surface area contributed by atoms with Gasteiger partial charge in [-0.05, 0) is 18.2 Å². The minimum atomic E-state index is -0.0475. The summed E-state index contributed by atoms with van der Waals surface area (Å²) in [5.41, 5.74) is 1.02. The van der Waals surface area contributed by atoms with Crippen molar-refractivity contribution in [2.75, 3.05) is 40.5 Å². The average Bonchev–Trinajstić information content (AvgIpc) is 2.74. The molecule has 1 N–H and O–H groups in total. The molecule has 27 heavy (non-hydrogen) atoms. The number of hydrogen-bond acceptors (Lipinski definition) is 5. The number of ether oxygens (including phenoxy) is 3. The zero-order chi connectivity index (χ0) is 19.1. The van der Waals surface area contributed by atoms with E-state index in [1.54, 1.807) is 14.2 Å². The summed E-state index contributed by atoms with van der Waals surface area (Å²) in [6.07, 6.45) is 0.309. The molecule has 0 saturated carbocycles. The summed E-state index contributed by atoms with van der Waals surface area (Å²) in [6.45, 7) is 2.46. The van der Waals surface area contributed by atoms with Crippen molar-refractivity contribution in [3.8, 4) is 17.2 Å². The van der Waals surface area contributed by atoms with E-state index >= 15 is 0 Å². The van der Waals surface area contributed by atoms with Crippen molar-refractivity contribution in [1.29, 1.82) is 0 Å². The summed E-state index contributed by atoms with van der Waals surface area (Å²) in [5, 5.41) is 3.37. The van der Waals surface area contributed by atoms with Gasteiger partial charge in [0.25, 0.3) is 0 Å². The lowest BCUT2D eigenvalue weighted by Gasteiger charge is -2.37. The normalized spacial score (nSPS) is 16.7. The first kappa shape index (κ1) is 19.0. The van der Waals surface area contributed by atoms with Gasteiger partial charge in [0.2, 0.25) is 5.91 Å². The summed E-state index contributed by atoms with van der Waals surface area (Å²) in [6, 6.07) is 15.2. The summed E-state index contributed by atoms with van der Waals surface area (Å²) in [5.74, 6) is 2.19. The molecule has 6 nitrogen and oxygen atoms in total. The summed E-state index contributed by atoms with van der Waals surface area (Å²) in [7, 11) is 3.26. The molecule has 1 amide bonds. The Morgan fingerprint density at radius 2 is 1.70 bits per heavy atom. The number of benzene rings is 2. The van der Waals surface area contributed by atoms with Crippen LogP contribution in [0.1, 0.15) is 18.0 Å². The lowest BCUT2D eigenvalue weighted by atomic mass is 10.0. The molecule has 0 radical (unpaired) electrons. The molecule has 6 heteroatoms. The second kappa shape index (κ2) is 9.28. The van der Waals surface area contributed by atoms with Gasteiger partial charge in [0, 0.05) is 25.2 Å². The van der Waals surface area contributed by atoms with Crippen LogP contribution < -0.4 is 19.5 Å². The number of para-hydroxylation sites is 3. The molecule has 1 fully saturated rings. The molecule has 1 unspecified atom stereocenters. The number of piperazine rings is 1. The third-order valence-electron chi connectivity index (χ3n) is 4.70. The Kier molecular flexibility index (Phi) is 6.54. The number of carbonyl (C=O) groups is 1. The first-order valence-corrected chi connectivity index (χ1v) is 9.13. The van der Waals surface area contributed by atoms with E-state index in [4.69, 9.17) is 14.2 Å². The first-order valence-electron chi connectivity index (χ1n) is 9.13. The van der Waals surface area contributed by atoms with Gasteiger partial charge in [0.15, 0.2) is 11.5 Å². The fourth-order valence-corrected chi connectivity index (χ4v) is 3.35. The summed E-state index contributed by atoms with van der Waals surface area (Å²) < 4.78 is 16.5. The van der Waals surface area contributed by atoms with Gasteiger partial charge < -0.3 is 24.4 Å². The lowest BCUT2D eigenvalue weighted by molar-refractivity contribution is -0.135. The summed E-state index contributed by atoms with van der Waals surface area (Å²) in [4.78, 5) is 14.8. The molecule has 1 atom stereocenters. The van der Waals surface area contributed by atoms with E-state index in [1.807, 2.05) is 53.4 Å². The van der Waals surface area contributed by atoms with Gasteiger partial charge in [-0.1, -0.05) is 30.3 Å². The second-order valence-corrected chi connectivity index (χ2v) is 6.30. The maximum absolute atomic E-state index is 12.9. The highest BCUT2D eigenvalue weighted by Crippen LogP contribution is 2.31.